The first kappa shape index (κ1) is 15.1. The maximum Gasteiger partial charge on any atom is 0.335 e. The fourth-order valence-corrected chi connectivity index (χ4v) is 1.66. The van der Waals surface area contributed by atoms with Gasteiger partial charge in [-0.1, -0.05) is 0 Å². The highest BCUT2D eigenvalue weighted by Crippen LogP contribution is 2.13. The molecule has 0 aromatic rings. The number of rotatable bonds is 6. The molecule has 4 amide bonds. The fraction of sp³-hybridized carbons (Fsp3) is 0.545. The van der Waals surface area contributed by atoms with Crippen molar-refractivity contribution >= 4 is 29.6 Å². The van der Waals surface area contributed by atoms with Gasteiger partial charge in [0.2, 0.25) is 0 Å². The normalized spacial score (nSPS) is 18.9. The van der Waals surface area contributed by atoms with Crippen LogP contribution in [0.2, 0.25) is 0 Å². The van der Waals surface area contributed by atoms with Crippen LogP contribution < -0.4 is 0 Å². The molecular formula is C11H12N2O8. The molecule has 2 heterocycles. The predicted octanol–water partition coefficient (Wildman–Crippen LogP) is -1.00. The van der Waals surface area contributed by atoms with Crippen LogP contribution in [0.4, 0.5) is 0 Å². The number of carbonyl (C=O) groups is 5. The molecule has 2 fully saturated rings. The van der Waals surface area contributed by atoms with Gasteiger partial charge in [0.1, 0.15) is 0 Å². The zero-order valence-corrected chi connectivity index (χ0v) is 10.9. The maximum atomic E-state index is 11.4. The minimum Gasteiger partial charge on any atom is -0.330 e. The summed E-state index contributed by atoms with van der Waals surface area (Å²) in [7, 11) is 0. The topological polar surface area (TPSA) is 120 Å². The highest BCUT2D eigenvalue weighted by atomic mass is 17.3. The molecule has 2 aliphatic heterocycles. The van der Waals surface area contributed by atoms with Gasteiger partial charge < -0.3 is 4.84 Å². The van der Waals surface area contributed by atoms with Crippen molar-refractivity contribution < 1.29 is 38.7 Å². The van der Waals surface area contributed by atoms with Crippen molar-refractivity contribution in [3.05, 3.63) is 0 Å². The minimum atomic E-state index is -0.874. The molecule has 21 heavy (non-hydrogen) atoms. The van der Waals surface area contributed by atoms with Crippen LogP contribution in [0.15, 0.2) is 0 Å². The molecule has 10 nitrogen and oxygen atoms in total. The van der Waals surface area contributed by atoms with Crippen LogP contribution in [-0.2, 0) is 38.7 Å². The molecule has 10 heteroatoms. The van der Waals surface area contributed by atoms with Crippen molar-refractivity contribution in [3.8, 4) is 0 Å². The smallest absolute Gasteiger partial charge is 0.330 e. The van der Waals surface area contributed by atoms with Crippen LogP contribution >= 0.6 is 0 Å². The van der Waals surface area contributed by atoms with Crippen molar-refractivity contribution in [1.82, 2.24) is 10.1 Å². The molecule has 0 bridgehead atoms. The third-order valence-electron chi connectivity index (χ3n) is 2.72. The Morgan fingerprint density at radius 2 is 1.33 bits per heavy atom. The number of imide groups is 2. The molecule has 0 aliphatic carbocycles. The minimum absolute atomic E-state index is 0.00487. The van der Waals surface area contributed by atoms with E-state index < -0.39 is 29.6 Å². The van der Waals surface area contributed by atoms with Gasteiger partial charge in [-0.05, 0) is 0 Å². The number of nitrogens with zero attached hydrogens (tertiary/aromatic N) is 2. The summed E-state index contributed by atoms with van der Waals surface area (Å²) >= 11 is 0. The second-order valence-electron chi connectivity index (χ2n) is 4.27. The van der Waals surface area contributed by atoms with E-state index in [1.54, 1.807) is 0 Å². The number of carbonyl (C=O) groups excluding carboxylic acids is 5. The first-order valence-corrected chi connectivity index (χ1v) is 6.21. The van der Waals surface area contributed by atoms with Crippen LogP contribution in [0.25, 0.3) is 0 Å². The Hall–Kier alpha value is -2.33. The zero-order chi connectivity index (χ0) is 15.4. The molecule has 2 saturated heterocycles. The standard InChI is InChI=1S/C11H12N2O8/c14-7-1-2-8(15)12(7)20-11(18)5-6-19-21-13-9(16)3-4-10(13)17/h1-6H2. The second-order valence-corrected chi connectivity index (χ2v) is 4.27. The number of hydrogen-bond donors (Lipinski definition) is 0. The number of amides is 4. The van der Waals surface area contributed by atoms with Crippen LogP contribution in [0, 0.1) is 0 Å². The molecule has 0 saturated carbocycles. The summed E-state index contributed by atoms with van der Waals surface area (Å²) in [5, 5.41) is 0.884. The molecule has 0 radical (unpaired) electrons. The summed E-state index contributed by atoms with van der Waals surface area (Å²) in [6, 6.07) is 0. The largest absolute Gasteiger partial charge is 0.335 e. The van der Waals surface area contributed by atoms with Crippen molar-refractivity contribution in [2.75, 3.05) is 6.61 Å². The van der Waals surface area contributed by atoms with Gasteiger partial charge in [0.15, 0.2) is 0 Å². The van der Waals surface area contributed by atoms with E-state index in [1.165, 1.54) is 0 Å². The van der Waals surface area contributed by atoms with Crippen LogP contribution in [0.1, 0.15) is 32.1 Å². The van der Waals surface area contributed by atoms with Gasteiger partial charge in [-0.25, -0.2) is 9.68 Å². The Bertz CT molecular complexity index is 470. The number of hydroxylamine groups is 4. The lowest BCUT2D eigenvalue weighted by atomic mass is 10.4. The predicted molar refractivity (Wildman–Crippen MR) is 59.9 cm³/mol. The molecule has 0 N–H and O–H groups in total. The lowest BCUT2D eigenvalue weighted by molar-refractivity contribution is -0.393. The van der Waals surface area contributed by atoms with E-state index in [1.807, 2.05) is 0 Å². The van der Waals surface area contributed by atoms with E-state index in [2.05, 4.69) is 14.7 Å². The van der Waals surface area contributed by atoms with Crippen LogP contribution in [0.5, 0.6) is 0 Å². The Morgan fingerprint density at radius 1 is 0.857 bits per heavy atom. The summed E-state index contributed by atoms with van der Waals surface area (Å²) in [4.78, 5) is 69.6. The Labute approximate surface area is 118 Å². The SMILES string of the molecule is O=C(CCOON1C(=O)CCC1=O)ON1C(=O)CCC1=O. The fourth-order valence-electron chi connectivity index (χ4n) is 1.66. The van der Waals surface area contributed by atoms with Gasteiger partial charge in [0, 0.05) is 25.7 Å². The second kappa shape index (κ2) is 6.41. The van der Waals surface area contributed by atoms with Crippen molar-refractivity contribution in [1.29, 1.82) is 0 Å². The van der Waals surface area contributed by atoms with Crippen LogP contribution in [-0.4, -0.2) is 46.3 Å². The van der Waals surface area contributed by atoms with E-state index in [0.717, 1.165) is 0 Å². The van der Waals surface area contributed by atoms with Gasteiger partial charge in [-0.2, -0.15) is 0 Å². The summed E-state index contributed by atoms with van der Waals surface area (Å²) in [6.45, 7) is -0.313. The summed E-state index contributed by atoms with van der Waals surface area (Å²) in [5.41, 5.74) is 0. The quantitative estimate of drug-likeness (QED) is 0.265. The molecule has 0 aromatic carbocycles. The van der Waals surface area contributed by atoms with Gasteiger partial charge in [0.05, 0.1) is 13.0 Å². The van der Waals surface area contributed by atoms with E-state index >= 15 is 0 Å². The summed E-state index contributed by atoms with van der Waals surface area (Å²) in [6.07, 6.45) is -0.226. The Balaban J connectivity index is 1.65. The zero-order valence-electron chi connectivity index (χ0n) is 10.9. The lowest BCUT2D eigenvalue weighted by Gasteiger charge is -2.13. The van der Waals surface area contributed by atoms with E-state index in [0.29, 0.717) is 10.1 Å². The van der Waals surface area contributed by atoms with E-state index in [-0.39, 0.29) is 38.7 Å². The maximum absolute atomic E-state index is 11.4. The molecule has 114 valence electrons. The average molecular weight is 300 g/mol. The average Bonchev–Trinajstić information content (AvgIpc) is 2.92. The summed E-state index contributed by atoms with van der Waals surface area (Å²) in [5.74, 6) is -3.11. The van der Waals surface area contributed by atoms with Crippen molar-refractivity contribution in [2.45, 2.75) is 32.1 Å². The molecule has 0 aromatic heterocycles. The molecule has 0 atom stereocenters. The first-order chi connectivity index (χ1) is 9.99. The molecule has 0 unspecified atom stereocenters. The third kappa shape index (κ3) is 3.61. The van der Waals surface area contributed by atoms with Gasteiger partial charge in [0.25, 0.3) is 23.6 Å². The molecule has 0 spiro atoms. The van der Waals surface area contributed by atoms with E-state index in [4.69, 9.17) is 0 Å². The third-order valence-corrected chi connectivity index (χ3v) is 2.72. The monoisotopic (exact) mass is 300 g/mol. The molecule has 2 rings (SSSR count). The number of hydrogen-bond acceptors (Lipinski definition) is 8. The van der Waals surface area contributed by atoms with Gasteiger partial charge >= 0.3 is 5.97 Å². The first-order valence-electron chi connectivity index (χ1n) is 6.21. The lowest BCUT2D eigenvalue weighted by Crippen LogP contribution is -2.33. The molecular weight excluding hydrogens is 288 g/mol. The van der Waals surface area contributed by atoms with Gasteiger partial charge in [-0.15, -0.1) is 15.1 Å². The van der Waals surface area contributed by atoms with Crippen molar-refractivity contribution in [3.63, 3.8) is 0 Å². The summed E-state index contributed by atoms with van der Waals surface area (Å²) < 4.78 is 0. The van der Waals surface area contributed by atoms with Gasteiger partial charge in [-0.3, -0.25) is 19.2 Å². The highest BCUT2D eigenvalue weighted by molar-refractivity contribution is 6.01. The van der Waals surface area contributed by atoms with E-state index in [9.17, 15) is 24.0 Å². The van der Waals surface area contributed by atoms with Crippen molar-refractivity contribution in [2.24, 2.45) is 0 Å². The molecule has 2 aliphatic rings. The Kier molecular flexibility index (Phi) is 4.60. The Morgan fingerprint density at radius 3 is 1.86 bits per heavy atom. The van der Waals surface area contributed by atoms with Crippen LogP contribution in [0.3, 0.4) is 0 Å². The highest BCUT2D eigenvalue weighted by Gasteiger charge is 2.33.